The quantitative estimate of drug-likeness (QED) is 0.829. The third-order valence-corrected chi connectivity index (χ3v) is 3.46. The monoisotopic (exact) mass is 272 g/mol. The molecule has 4 heteroatoms. The summed E-state index contributed by atoms with van der Waals surface area (Å²) in [5.74, 6) is 0. The molecule has 0 radical (unpaired) electrons. The molecule has 2 aromatic rings. The second kappa shape index (κ2) is 4.59. The van der Waals surface area contributed by atoms with Crippen molar-refractivity contribution in [3.63, 3.8) is 0 Å². The van der Waals surface area contributed by atoms with Crippen molar-refractivity contribution < 1.29 is 4.79 Å². The van der Waals surface area contributed by atoms with E-state index in [0.717, 1.165) is 16.9 Å². The lowest BCUT2D eigenvalue weighted by Gasteiger charge is -2.29. The van der Waals surface area contributed by atoms with Crippen molar-refractivity contribution in [1.29, 1.82) is 0 Å². The minimum atomic E-state index is -0.112. The highest BCUT2D eigenvalue weighted by molar-refractivity contribution is 6.30. The molecule has 0 saturated carbocycles. The highest BCUT2D eigenvalue weighted by atomic mass is 35.5. The van der Waals surface area contributed by atoms with Crippen LogP contribution in [0.1, 0.15) is 11.1 Å². The first-order chi connectivity index (χ1) is 9.13. The topological polar surface area (TPSA) is 32.3 Å². The molecule has 0 saturated heterocycles. The molecule has 1 N–H and O–H groups in total. The van der Waals surface area contributed by atoms with E-state index in [1.165, 1.54) is 5.56 Å². The molecule has 1 aliphatic heterocycles. The molecule has 96 valence electrons. The largest absolute Gasteiger partial charge is 0.326 e. The summed E-state index contributed by atoms with van der Waals surface area (Å²) >= 11 is 6.00. The minimum Gasteiger partial charge on any atom is -0.307 e. The molecule has 1 aliphatic rings. The lowest BCUT2D eigenvalue weighted by molar-refractivity contribution is 0.256. The van der Waals surface area contributed by atoms with Crippen LogP contribution in [0.3, 0.4) is 0 Å². The molecule has 2 aromatic carbocycles. The van der Waals surface area contributed by atoms with Crippen LogP contribution in [-0.4, -0.2) is 6.03 Å². The Kier molecular flexibility index (Phi) is 2.91. The molecular weight excluding hydrogens is 260 g/mol. The number of carbonyl (C=O) groups is 1. The number of nitrogens with zero attached hydrogens (tertiary/aromatic N) is 1. The van der Waals surface area contributed by atoms with E-state index in [0.29, 0.717) is 11.6 Å². The van der Waals surface area contributed by atoms with E-state index in [9.17, 15) is 4.79 Å². The SMILES string of the molecule is Cc1ccc(N2Cc3cc(Cl)ccc3NC2=O)cc1. The van der Waals surface area contributed by atoms with E-state index in [1.807, 2.05) is 43.3 Å². The second-order valence-electron chi connectivity index (χ2n) is 4.65. The summed E-state index contributed by atoms with van der Waals surface area (Å²) in [5.41, 5.74) is 3.91. The number of aryl methyl sites for hydroxylation is 1. The van der Waals surface area contributed by atoms with Crippen LogP contribution in [0.2, 0.25) is 5.02 Å². The lowest BCUT2D eigenvalue weighted by Crippen LogP contribution is -2.38. The van der Waals surface area contributed by atoms with Gasteiger partial charge in [0, 0.05) is 16.4 Å². The van der Waals surface area contributed by atoms with Crippen LogP contribution in [0, 0.1) is 6.92 Å². The highest BCUT2D eigenvalue weighted by Crippen LogP contribution is 2.29. The number of nitrogens with one attached hydrogen (secondary N) is 1. The normalized spacial score (nSPS) is 14.0. The summed E-state index contributed by atoms with van der Waals surface area (Å²) in [6, 6.07) is 13.3. The molecule has 19 heavy (non-hydrogen) atoms. The fraction of sp³-hybridized carbons (Fsp3) is 0.133. The van der Waals surface area contributed by atoms with Crippen molar-refractivity contribution >= 4 is 29.0 Å². The first kappa shape index (κ1) is 12.1. The predicted octanol–water partition coefficient (Wildman–Crippen LogP) is 4.20. The number of rotatable bonds is 1. The minimum absolute atomic E-state index is 0.112. The number of carbonyl (C=O) groups excluding carboxylic acids is 1. The van der Waals surface area contributed by atoms with Crippen LogP contribution in [-0.2, 0) is 6.54 Å². The first-order valence-corrected chi connectivity index (χ1v) is 6.45. The van der Waals surface area contributed by atoms with Gasteiger partial charge in [-0.05, 0) is 42.8 Å². The van der Waals surface area contributed by atoms with Gasteiger partial charge < -0.3 is 5.32 Å². The maximum Gasteiger partial charge on any atom is 0.326 e. The third kappa shape index (κ3) is 2.29. The Labute approximate surface area is 116 Å². The van der Waals surface area contributed by atoms with E-state index in [2.05, 4.69) is 5.32 Å². The maximum atomic E-state index is 12.1. The highest BCUT2D eigenvalue weighted by Gasteiger charge is 2.23. The van der Waals surface area contributed by atoms with E-state index < -0.39 is 0 Å². The van der Waals surface area contributed by atoms with Crippen molar-refractivity contribution in [2.75, 3.05) is 10.2 Å². The fourth-order valence-corrected chi connectivity index (χ4v) is 2.37. The average Bonchev–Trinajstić information content (AvgIpc) is 2.40. The summed E-state index contributed by atoms with van der Waals surface area (Å²) in [5, 5.41) is 3.56. The van der Waals surface area contributed by atoms with Crippen LogP contribution >= 0.6 is 11.6 Å². The summed E-state index contributed by atoms with van der Waals surface area (Å²) < 4.78 is 0. The Morgan fingerprint density at radius 1 is 1.16 bits per heavy atom. The molecule has 2 amide bonds. The second-order valence-corrected chi connectivity index (χ2v) is 5.09. The van der Waals surface area contributed by atoms with Crippen LogP contribution in [0.5, 0.6) is 0 Å². The van der Waals surface area contributed by atoms with Gasteiger partial charge in [0.15, 0.2) is 0 Å². The van der Waals surface area contributed by atoms with Crippen molar-refractivity contribution in [2.24, 2.45) is 0 Å². The molecule has 0 atom stereocenters. The van der Waals surface area contributed by atoms with Gasteiger partial charge in [0.05, 0.1) is 6.54 Å². The van der Waals surface area contributed by atoms with Crippen LogP contribution < -0.4 is 10.2 Å². The molecule has 0 aliphatic carbocycles. The standard InChI is InChI=1S/C15H13ClN2O/c1-10-2-5-13(6-3-10)18-9-11-8-12(16)4-7-14(11)17-15(18)19/h2-8H,9H2,1H3,(H,17,19). The molecule has 0 unspecified atom stereocenters. The van der Waals surface area contributed by atoms with E-state index in [-0.39, 0.29) is 6.03 Å². The van der Waals surface area contributed by atoms with Crippen LogP contribution in [0.4, 0.5) is 16.2 Å². The van der Waals surface area contributed by atoms with E-state index in [4.69, 9.17) is 11.6 Å². The Hall–Kier alpha value is -2.00. The van der Waals surface area contributed by atoms with Crippen molar-refractivity contribution in [3.05, 3.63) is 58.6 Å². The van der Waals surface area contributed by atoms with Gasteiger partial charge in [0.25, 0.3) is 0 Å². The van der Waals surface area contributed by atoms with Crippen molar-refractivity contribution in [2.45, 2.75) is 13.5 Å². The Bertz CT molecular complexity index is 637. The van der Waals surface area contributed by atoms with Crippen LogP contribution in [0.15, 0.2) is 42.5 Å². The number of hydrogen-bond donors (Lipinski definition) is 1. The molecule has 0 fully saturated rings. The molecule has 0 aromatic heterocycles. The number of halogens is 1. The van der Waals surface area contributed by atoms with Gasteiger partial charge in [-0.15, -0.1) is 0 Å². The summed E-state index contributed by atoms with van der Waals surface area (Å²) in [4.78, 5) is 13.8. The third-order valence-electron chi connectivity index (χ3n) is 3.23. The average molecular weight is 273 g/mol. The number of anilines is 2. The summed E-state index contributed by atoms with van der Waals surface area (Å²) in [7, 11) is 0. The van der Waals surface area contributed by atoms with Crippen molar-refractivity contribution in [3.8, 4) is 0 Å². The van der Waals surface area contributed by atoms with Gasteiger partial charge in [-0.25, -0.2) is 4.79 Å². The van der Waals surface area contributed by atoms with E-state index in [1.54, 1.807) is 11.0 Å². The smallest absolute Gasteiger partial charge is 0.307 e. The van der Waals surface area contributed by atoms with Crippen molar-refractivity contribution in [1.82, 2.24) is 0 Å². The fourth-order valence-electron chi connectivity index (χ4n) is 2.17. The maximum absolute atomic E-state index is 12.1. The molecule has 3 nitrogen and oxygen atoms in total. The predicted molar refractivity (Wildman–Crippen MR) is 77.8 cm³/mol. The zero-order chi connectivity index (χ0) is 13.4. The molecule has 1 heterocycles. The molecule has 0 spiro atoms. The molecular formula is C15H13ClN2O. The number of hydrogen-bond acceptors (Lipinski definition) is 1. The van der Waals surface area contributed by atoms with Gasteiger partial charge in [-0.2, -0.15) is 0 Å². The summed E-state index contributed by atoms with van der Waals surface area (Å²) in [6.07, 6.45) is 0. The number of fused-ring (bicyclic) bond motifs is 1. The number of amides is 2. The van der Waals surface area contributed by atoms with Gasteiger partial charge in [0.1, 0.15) is 0 Å². The van der Waals surface area contributed by atoms with E-state index >= 15 is 0 Å². The van der Waals surface area contributed by atoms with Gasteiger partial charge in [0.2, 0.25) is 0 Å². The van der Waals surface area contributed by atoms with Gasteiger partial charge in [-0.1, -0.05) is 29.3 Å². The molecule has 3 rings (SSSR count). The lowest BCUT2D eigenvalue weighted by atomic mass is 10.1. The Balaban J connectivity index is 1.96. The van der Waals surface area contributed by atoms with Gasteiger partial charge >= 0.3 is 6.03 Å². The summed E-state index contributed by atoms with van der Waals surface area (Å²) in [6.45, 7) is 2.56. The zero-order valence-electron chi connectivity index (χ0n) is 10.5. The molecule has 0 bridgehead atoms. The number of benzene rings is 2. The Morgan fingerprint density at radius 2 is 1.89 bits per heavy atom. The first-order valence-electron chi connectivity index (χ1n) is 6.07. The van der Waals surface area contributed by atoms with Crippen LogP contribution in [0.25, 0.3) is 0 Å². The Morgan fingerprint density at radius 3 is 2.63 bits per heavy atom. The number of urea groups is 1. The zero-order valence-corrected chi connectivity index (χ0v) is 11.2. The van der Waals surface area contributed by atoms with Gasteiger partial charge in [-0.3, -0.25) is 4.90 Å².